The van der Waals surface area contributed by atoms with Gasteiger partial charge in [0.1, 0.15) is 0 Å². The average Bonchev–Trinajstić information content (AvgIpc) is 2.28. The van der Waals surface area contributed by atoms with Gasteiger partial charge in [-0.25, -0.2) is 8.42 Å². The molecule has 5 nitrogen and oxygen atoms in total. The first-order valence-electron chi connectivity index (χ1n) is 5.06. The van der Waals surface area contributed by atoms with Crippen LogP contribution in [0, 0.1) is 0 Å². The summed E-state index contributed by atoms with van der Waals surface area (Å²) in [5.41, 5.74) is -0.150. The Kier molecular flexibility index (Phi) is 3.90. The van der Waals surface area contributed by atoms with Crippen LogP contribution in [0.1, 0.15) is 24.2 Å². The van der Waals surface area contributed by atoms with E-state index in [2.05, 4.69) is 0 Å². The summed E-state index contributed by atoms with van der Waals surface area (Å²) in [6.45, 7) is 3.47. The van der Waals surface area contributed by atoms with Gasteiger partial charge in [0.15, 0.2) is 0 Å². The lowest BCUT2D eigenvalue weighted by Crippen LogP contribution is -2.33. The SMILES string of the molecule is CC(C)N(C)S(=O)(=O)c1cccc(C(=O)[O-])c1. The second-order valence-corrected chi connectivity index (χ2v) is 5.93. The first-order valence-corrected chi connectivity index (χ1v) is 6.50. The van der Waals surface area contributed by atoms with E-state index >= 15 is 0 Å². The second-order valence-electron chi connectivity index (χ2n) is 3.93. The molecule has 0 radical (unpaired) electrons. The van der Waals surface area contributed by atoms with Crippen molar-refractivity contribution in [2.75, 3.05) is 7.05 Å². The number of carbonyl (C=O) groups is 1. The van der Waals surface area contributed by atoms with Crippen molar-refractivity contribution in [2.45, 2.75) is 24.8 Å². The molecule has 0 heterocycles. The lowest BCUT2D eigenvalue weighted by Gasteiger charge is -2.21. The molecule has 0 bridgehead atoms. The van der Waals surface area contributed by atoms with Crippen LogP contribution in [0.4, 0.5) is 0 Å². The zero-order chi connectivity index (χ0) is 13.2. The van der Waals surface area contributed by atoms with E-state index < -0.39 is 16.0 Å². The van der Waals surface area contributed by atoms with Crippen molar-refractivity contribution < 1.29 is 18.3 Å². The number of hydrogen-bond acceptors (Lipinski definition) is 4. The predicted octanol–water partition coefficient (Wildman–Crippen LogP) is 0.0790. The number of carbonyl (C=O) groups excluding carboxylic acids is 1. The van der Waals surface area contributed by atoms with Gasteiger partial charge in [0.25, 0.3) is 0 Å². The summed E-state index contributed by atoms with van der Waals surface area (Å²) in [5.74, 6) is -1.39. The molecule has 6 heteroatoms. The van der Waals surface area contributed by atoms with E-state index in [0.717, 1.165) is 6.07 Å². The highest BCUT2D eigenvalue weighted by Crippen LogP contribution is 2.17. The molecule has 0 N–H and O–H groups in total. The van der Waals surface area contributed by atoms with Gasteiger partial charge < -0.3 is 9.90 Å². The van der Waals surface area contributed by atoms with Crippen LogP contribution in [0.25, 0.3) is 0 Å². The van der Waals surface area contributed by atoms with Gasteiger partial charge in [-0.1, -0.05) is 12.1 Å². The van der Waals surface area contributed by atoms with Gasteiger partial charge >= 0.3 is 0 Å². The monoisotopic (exact) mass is 256 g/mol. The fraction of sp³-hybridized carbons (Fsp3) is 0.364. The smallest absolute Gasteiger partial charge is 0.243 e. The number of rotatable bonds is 4. The van der Waals surface area contributed by atoms with Gasteiger partial charge in [0, 0.05) is 13.1 Å². The van der Waals surface area contributed by atoms with Crippen molar-refractivity contribution in [1.29, 1.82) is 0 Å². The maximum Gasteiger partial charge on any atom is 0.243 e. The van der Waals surface area contributed by atoms with Crippen molar-refractivity contribution in [3.63, 3.8) is 0 Å². The van der Waals surface area contributed by atoms with Gasteiger partial charge in [-0.05, 0) is 31.5 Å². The van der Waals surface area contributed by atoms with E-state index in [1.54, 1.807) is 13.8 Å². The zero-order valence-corrected chi connectivity index (χ0v) is 10.7. The molecule has 0 saturated carbocycles. The number of aromatic carboxylic acids is 1. The van der Waals surface area contributed by atoms with Crippen molar-refractivity contribution in [3.8, 4) is 0 Å². The van der Waals surface area contributed by atoms with Crippen LogP contribution in [0.15, 0.2) is 29.2 Å². The van der Waals surface area contributed by atoms with Crippen LogP contribution in [0.3, 0.4) is 0 Å². The molecule has 0 fully saturated rings. The molecular weight excluding hydrogens is 242 g/mol. The summed E-state index contributed by atoms with van der Waals surface area (Å²) < 4.78 is 25.3. The van der Waals surface area contributed by atoms with E-state index in [1.807, 2.05) is 0 Å². The van der Waals surface area contributed by atoms with Crippen LogP contribution in [0.2, 0.25) is 0 Å². The third-order valence-corrected chi connectivity index (χ3v) is 4.50. The molecule has 0 spiro atoms. The minimum absolute atomic E-state index is 0.0459. The second kappa shape index (κ2) is 4.85. The van der Waals surface area contributed by atoms with E-state index in [-0.39, 0.29) is 16.5 Å². The maximum absolute atomic E-state index is 12.1. The van der Waals surface area contributed by atoms with Gasteiger partial charge in [-0.2, -0.15) is 4.31 Å². The Morgan fingerprint density at radius 3 is 2.41 bits per heavy atom. The number of carboxylic acids is 1. The number of hydrogen-bond donors (Lipinski definition) is 0. The highest BCUT2D eigenvalue weighted by Gasteiger charge is 2.23. The number of nitrogens with zero attached hydrogens (tertiary/aromatic N) is 1. The Morgan fingerprint density at radius 2 is 1.94 bits per heavy atom. The summed E-state index contributed by atoms with van der Waals surface area (Å²) in [7, 11) is -2.20. The quantitative estimate of drug-likeness (QED) is 0.764. The van der Waals surface area contributed by atoms with Crippen LogP contribution >= 0.6 is 0 Å². The van der Waals surface area contributed by atoms with E-state index in [4.69, 9.17) is 0 Å². The van der Waals surface area contributed by atoms with Crippen molar-refractivity contribution in [3.05, 3.63) is 29.8 Å². The van der Waals surface area contributed by atoms with E-state index in [0.29, 0.717) is 0 Å². The Hall–Kier alpha value is -1.40. The van der Waals surface area contributed by atoms with Gasteiger partial charge in [0.05, 0.1) is 10.9 Å². The molecule has 17 heavy (non-hydrogen) atoms. The van der Waals surface area contributed by atoms with Crippen molar-refractivity contribution in [2.24, 2.45) is 0 Å². The topological polar surface area (TPSA) is 77.5 Å². The normalized spacial score (nSPS) is 12.1. The summed E-state index contributed by atoms with van der Waals surface area (Å²) in [6.07, 6.45) is 0. The third kappa shape index (κ3) is 2.83. The summed E-state index contributed by atoms with van der Waals surface area (Å²) >= 11 is 0. The molecule has 0 amide bonds. The summed E-state index contributed by atoms with van der Waals surface area (Å²) in [5, 5.41) is 10.7. The lowest BCUT2D eigenvalue weighted by molar-refractivity contribution is -0.255. The number of benzene rings is 1. The molecule has 0 aliphatic heterocycles. The average molecular weight is 256 g/mol. The standard InChI is InChI=1S/C11H15NO4S/c1-8(2)12(3)17(15,16)10-6-4-5-9(7-10)11(13)14/h4-8H,1-3H3,(H,13,14)/p-1. The molecule has 0 unspecified atom stereocenters. The Bertz CT molecular complexity index is 522. The van der Waals surface area contributed by atoms with Gasteiger partial charge in [-0.3, -0.25) is 0 Å². The first kappa shape index (κ1) is 13.7. The van der Waals surface area contributed by atoms with Crippen LogP contribution in [-0.4, -0.2) is 31.8 Å². The molecule has 1 aromatic carbocycles. The van der Waals surface area contributed by atoms with Crippen LogP contribution in [0.5, 0.6) is 0 Å². The van der Waals surface area contributed by atoms with Crippen LogP contribution in [-0.2, 0) is 10.0 Å². The molecule has 94 valence electrons. The van der Waals surface area contributed by atoms with E-state index in [9.17, 15) is 18.3 Å². The fourth-order valence-electron chi connectivity index (χ4n) is 1.23. The summed E-state index contributed by atoms with van der Waals surface area (Å²) in [6, 6.07) is 4.94. The molecule has 1 rings (SSSR count). The van der Waals surface area contributed by atoms with Crippen LogP contribution < -0.4 is 5.11 Å². The number of carboxylic acid groups (broad SMARTS) is 1. The molecule has 0 aliphatic rings. The Labute approximate surface area is 101 Å². The third-order valence-electron chi connectivity index (χ3n) is 2.47. The van der Waals surface area contributed by atoms with Gasteiger partial charge in [-0.15, -0.1) is 0 Å². The maximum atomic E-state index is 12.1. The number of sulfonamides is 1. The Balaban J connectivity index is 3.25. The molecular formula is C11H14NO4S-. The first-order chi connectivity index (χ1) is 7.76. The largest absolute Gasteiger partial charge is 0.545 e. The molecule has 0 saturated heterocycles. The van der Waals surface area contributed by atoms with Gasteiger partial charge in [0.2, 0.25) is 10.0 Å². The van der Waals surface area contributed by atoms with Crippen molar-refractivity contribution >= 4 is 16.0 Å². The predicted molar refractivity (Wildman–Crippen MR) is 60.9 cm³/mol. The summed E-state index contributed by atoms with van der Waals surface area (Å²) in [4.78, 5) is 10.6. The molecule has 0 aromatic heterocycles. The molecule has 1 aromatic rings. The lowest BCUT2D eigenvalue weighted by atomic mass is 10.2. The fourth-order valence-corrected chi connectivity index (χ4v) is 2.64. The highest BCUT2D eigenvalue weighted by atomic mass is 32.2. The highest BCUT2D eigenvalue weighted by molar-refractivity contribution is 7.89. The van der Waals surface area contributed by atoms with Crippen molar-refractivity contribution in [1.82, 2.24) is 4.31 Å². The van der Waals surface area contributed by atoms with E-state index in [1.165, 1.54) is 29.6 Å². The Morgan fingerprint density at radius 1 is 1.35 bits per heavy atom. The zero-order valence-electron chi connectivity index (χ0n) is 9.88. The molecule has 0 aliphatic carbocycles. The minimum Gasteiger partial charge on any atom is -0.545 e. The minimum atomic E-state index is -3.65. The molecule has 0 atom stereocenters.